The highest BCUT2D eigenvalue weighted by molar-refractivity contribution is 5.51. The molecule has 1 aliphatic heterocycles. The zero-order valence-corrected chi connectivity index (χ0v) is 12.3. The smallest absolute Gasteiger partial charge is 0.149 e. The number of halogens is 2. The Hall–Kier alpha value is -1.16. The van der Waals surface area contributed by atoms with E-state index in [-0.39, 0.29) is 11.7 Å². The molecule has 0 aliphatic carbocycles. The topological polar surface area (TPSA) is 29.3 Å². The molecule has 2 rings (SSSR count). The minimum Gasteiger partial charge on any atom is -0.367 e. The molecule has 0 spiro atoms. The Bertz CT molecular complexity index is 431. The standard InChI is InChI=1S/C16H24F2N2/c1-3-13(19)8-12-9-14(17)16(15(18)10-12)20-6-4-11(2)5-7-20/h9-11,13H,3-8,19H2,1-2H3. The molecule has 0 aromatic heterocycles. The molecule has 1 aromatic carbocycles. The van der Waals surface area contributed by atoms with Crippen LogP contribution in [0, 0.1) is 17.6 Å². The second kappa shape index (κ2) is 6.53. The fourth-order valence-corrected chi connectivity index (χ4v) is 2.72. The molecule has 4 heteroatoms. The van der Waals surface area contributed by atoms with Gasteiger partial charge in [0.1, 0.15) is 17.3 Å². The van der Waals surface area contributed by atoms with Gasteiger partial charge in [-0.15, -0.1) is 0 Å². The first kappa shape index (κ1) is 15.2. The van der Waals surface area contributed by atoms with Crippen molar-refractivity contribution in [2.24, 2.45) is 11.7 Å². The number of nitrogens with zero attached hydrogens (tertiary/aromatic N) is 1. The fourth-order valence-electron chi connectivity index (χ4n) is 2.72. The van der Waals surface area contributed by atoms with E-state index in [4.69, 9.17) is 5.73 Å². The summed E-state index contributed by atoms with van der Waals surface area (Å²) < 4.78 is 28.4. The molecule has 1 aromatic rings. The normalized spacial score (nSPS) is 18.4. The van der Waals surface area contributed by atoms with Gasteiger partial charge >= 0.3 is 0 Å². The van der Waals surface area contributed by atoms with Crippen molar-refractivity contribution in [3.63, 3.8) is 0 Å². The van der Waals surface area contributed by atoms with Crippen LogP contribution >= 0.6 is 0 Å². The SMILES string of the molecule is CCC(N)Cc1cc(F)c(N2CCC(C)CC2)c(F)c1. The largest absolute Gasteiger partial charge is 0.367 e. The van der Waals surface area contributed by atoms with Crippen LogP contribution in [0.5, 0.6) is 0 Å². The first-order valence-corrected chi connectivity index (χ1v) is 7.49. The van der Waals surface area contributed by atoms with Gasteiger partial charge in [0.25, 0.3) is 0 Å². The lowest BCUT2D eigenvalue weighted by Crippen LogP contribution is -2.34. The van der Waals surface area contributed by atoms with Crippen LogP contribution in [-0.2, 0) is 6.42 Å². The van der Waals surface area contributed by atoms with Crippen molar-refractivity contribution in [3.05, 3.63) is 29.3 Å². The lowest BCUT2D eigenvalue weighted by Gasteiger charge is -2.32. The summed E-state index contributed by atoms with van der Waals surface area (Å²) >= 11 is 0. The van der Waals surface area contributed by atoms with Crippen molar-refractivity contribution in [2.75, 3.05) is 18.0 Å². The molecule has 1 unspecified atom stereocenters. The molecule has 1 aliphatic rings. The summed E-state index contributed by atoms with van der Waals surface area (Å²) in [7, 11) is 0. The molecule has 1 atom stereocenters. The average molecular weight is 282 g/mol. The third-order valence-electron chi connectivity index (χ3n) is 4.20. The van der Waals surface area contributed by atoms with Crippen LogP contribution in [0.25, 0.3) is 0 Å². The Labute approximate surface area is 120 Å². The van der Waals surface area contributed by atoms with E-state index >= 15 is 0 Å². The summed E-state index contributed by atoms with van der Waals surface area (Å²) in [6.45, 7) is 5.60. The minimum atomic E-state index is -0.460. The molecule has 0 bridgehead atoms. The van der Waals surface area contributed by atoms with Crippen LogP contribution in [-0.4, -0.2) is 19.1 Å². The molecule has 2 nitrogen and oxygen atoms in total. The number of benzene rings is 1. The highest BCUT2D eigenvalue weighted by Gasteiger charge is 2.22. The third-order valence-corrected chi connectivity index (χ3v) is 4.20. The number of anilines is 1. The molecule has 0 saturated carbocycles. The highest BCUT2D eigenvalue weighted by Crippen LogP contribution is 2.29. The summed E-state index contributed by atoms with van der Waals surface area (Å²) in [5.74, 6) is -0.282. The van der Waals surface area contributed by atoms with Gasteiger partial charge in [-0.2, -0.15) is 0 Å². The zero-order valence-electron chi connectivity index (χ0n) is 12.3. The maximum Gasteiger partial charge on any atom is 0.149 e. The van der Waals surface area contributed by atoms with Crippen molar-refractivity contribution in [1.29, 1.82) is 0 Å². The molecule has 112 valence electrons. The van der Waals surface area contributed by atoms with Crippen LogP contribution < -0.4 is 10.6 Å². The Morgan fingerprint density at radius 1 is 1.25 bits per heavy atom. The molecule has 0 amide bonds. The Balaban J connectivity index is 2.18. The summed E-state index contributed by atoms with van der Waals surface area (Å²) in [6.07, 6.45) is 3.29. The first-order chi connectivity index (χ1) is 9.51. The average Bonchev–Trinajstić information content (AvgIpc) is 2.40. The fraction of sp³-hybridized carbons (Fsp3) is 0.625. The predicted molar refractivity (Wildman–Crippen MR) is 78.9 cm³/mol. The molecular formula is C16H24F2N2. The van der Waals surface area contributed by atoms with Crippen LogP contribution in [0.4, 0.5) is 14.5 Å². The highest BCUT2D eigenvalue weighted by atomic mass is 19.1. The van der Waals surface area contributed by atoms with Crippen molar-refractivity contribution in [1.82, 2.24) is 0 Å². The number of rotatable bonds is 4. The quantitative estimate of drug-likeness (QED) is 0.916. The van der Waals surface area contributed by atoms with Gasteiger partial charge in [-0.1, -0.05) is 13.8 Å². The van der Waals surface area contributed by atoms with Crippen molar-refractivity contribution < 1.29 is 8.78 Å². The zero-order chi connectivity index (χ0) is 14.7. The van der Waals surface area contributed by atoms with Gasteiger partial charge in [0.2, 0.25) is 0 Å². The van der Waals surface area contributed by atoms with E-state index in [1.807, 2.05) is 11.8 Å². The van der Waals surface area contributed by atoms with E-state index < -0.39 is 11.6 Å². The Morgan fingerprint density at radius 2 is 1.80 bits per heavy atom. The van der Waals surface area contributed by atoms with Crippen LogP contribution in [0.3, 0.4) is 0 Å². The van der Waals surface area contributed by atoms with Crippen molar-refractivity contribution in [3.8, 4) is 0 Å². The third kappa shape index (κ3) is 3.48. The maximum absolute atomic E-state index is 14.2. The van der Waals surface area contributed by atoms with Gasteiger partial charge in [-0.05, 0) is 49.3 Å². The summed E-state index contributed by atoms with van der Waals surface area (Å²) in [6, 6.07) is 2.83. The molecule has 20 heavy (non-hydrogen) atoms. The van der Waals surface area contributed by atoms with Crippen LogP contribution in [0.15, 0.2) is 12.1 Å². The Morgan fingerprint density at radius 3 is 2.30 bits per heavy atom. The van der Waals surface area contributed by atoms with E-state index in [1.54, 1.807) is 0 Å². The van der Waals surface area contributed by atoms with Crippen LogP contribution in [0.2, 0.25) is 0 Å². The van der Waals surface area contributed by atoms with Gasteiger partial charge in [-0.3, -0.25) is 0 Å². The lowest BCUT2D eigenvalue weighted by molar-refractivity contribution is 0.429. The number of hydrogen-bond acceptors (Lipinski definition) is 2. The van der Waals surface area contributed by atoms with Crippen LogP contribution in [0.1, 0.15) is 38.7 Å². The molecule has 0 radical (unpaired) electrons. The molecule has 2 N–H and O–H groups in total. The number of nitrogens with two attached hydrogens (primary N) is 1. The summed E-state index contributed by atoms with van der Waals surface area (Å²) in [4.78, 5) is 1.83. The molecule has 1 fully saturated rings. The monoisotopic (exact) mass is 282 g/mol. The van der Waals surface area contributed by atoms with E-state index in [1.165, 1.54) is 12.1 Å². The molecule has 1 heterocycles. The Kier molecular flexibility index (Phi) is 4.97. The van der Waals surface area contributed by atoms with Gasteiger partial charge < -0.3 is 10.6 Å². The van der Waals surface area contributed by atoms with E-state index in [9.17, 15) is 8.78 Å². The maximum atomic E-state index is 14.2. The van der Waals surface area contributed by atoms with Crippen molar-refractivity contribution in [2.45, 2.75) is 45.6 Å². The van der Waals surface area contributed by atoms with E-state index in [0.29, 0.717) is 17.9 Å². The predicted octanol–water partition coefficient (Wildman–Crippen LogP) is 3.48. The van der Waals surface area contributed by atoms with Gasteiger partial charge in [0, 0.05) is 19.1 Å². The minimum absolute atomic E-state index is 0.0458. The van der Waals surface area contributed by atoms with Gasteiger partial charge in [0.15, 0.2) is 0 Å². The second-order valence-corrected chi connectivity index (χ2v) is 5.95. The van der Waals surface area contributed by atoms with Gasteiger partial charge in [0.05, 0.1) is 0 Å². The summed E-state index contributed by atoms with van der Waals surface area (Å²) in [5, 5.41) is 0. The number of piperidine rings is 1. The van der Waals surface area contributed by atoms with Gasteiger partial charge in [-0.25, -0.2) is 8.78 Å². The first-order valence-electron chi connectivity index (χ1n) is 7.49. The second-order valence-electron chi connectivity index (χ2n) is 5.95. The summed E-state index contributed by atoms with van der Waals surface area (Å²) in [5.41, 5.74) is 6.62. The number of hydrogen-bond donors (Lipinski definition) is 1. The van der Waals surface area contributed by atoms with E-state index in [0.717, 1.165) is 32.4 Å². The van der Waals surface area contributed by atoms with Crippen molar-refractivity contribution >= 4 is 5.69 Å². The lowest BCUT2D eigenvalue weighted by atomic mass is 9.98. The molecular weight excluding hydrogens is 258 g/mol. The van der Waals surface area contributed by atoms with E-state index in [2.05, 4.69) is 6.92 Å². The molecule has 1 saturated heterocycles.